The highest BCUT2D eigenvalue weighted by molar-refractivity contribution is 5.95. The van der Waals surface area contributed by atoms with Gasteiger partial charge in [0.25, 0.3) is 5.91 Å². The quantitative estimate of drug-likeness (QED) is 0.471. The number of nitrogens with zero attached hydrogens (tertiary/aromatic N) is 3. The second kappa shape index (κ2) is 9.31. The smallest absolute Gasteiger partial charge is 0.271 e. The third kappa shape index (κ3) is 4.71. The SMILES string of the molecule is CCOc1ccc(-n2c(C)cc(/C=N\NC(=O)c3cccc(N(C)C)c3)c2C)cc1. The molecule has 1 heterocycles. The highest BCUT2D eigenvalue weighted by Gasteiger charge is 2.10. The Morgan fingerprint density at radius 1 is 1.13 bits per heavy atom. The van der Waals surface area contributed by atoms with Gasteiger partial charge in [0.2, 0.25) is 0 Å². The fraction of sp³-hybridized carbons (Fsp3) is 0.250. The van der Waals surface area contributed by atoms with Crippen LogP contribution in [-0.2, 0) is 0 Å². The number of amides is 1. The molecule has 0 saturated heterocycles. The lowest BCUT2D eigenvalue weighted by molar-refractivity contribution is 0.0955. The zero-order chi connectivity index (χ0) is 21.7. The second-order valence-corrected chi connectivity index (χ2v) is 7.23. The fourth-order valence-corrected chi connectivity index (χ4v) is 3.32. The van der Waals surface area contributed by atoms with Crippen molar-refractivity contribution in [3.8, 4) is 11.4 Å². The van der Waals surface area contributed by atoms with Crippen molar-refractivity contribution in [1.82, 2.24) is 9.99 Å². The number of hydrogen-bond donors (Lipinski definition) is 1. The normalized spacial score (nSPS) is 11.0. The molecular weight excluding hydrogens is 376 g/mol. The van der Waals surface area contributed by atoms with Crippen molar-refractivity contribution in [3.05, 3.63) is 77.1 Å². The van der Waals surface area contributed by atoms with Crippen LogP contribution in [0, 0.1) is 13.8 Å². The van der Waals surface area contributed by atoms with Gasteiger partial charge in [-0.1, -0.05) is 6.07 Å². The molecule has 2 aromatic carbocycles. The van der Waals surface area contributed by atoms with E-state index in [9.17, 15) is 4.79 Å². The van der Waals surface area contributed by atoms with E-state index in [1.54, 1.807) is 12.3 Å². The minimum Gasteiger partial charge on any atom is -0.494 e. The van der Waals surface area contributed by atoms with Crippen molar-refractivity contribution in [2.24, 2.45) is 5.10 Å². The van der Waals surface area contributed by atoms with Gasteiger partial charge in [0.1, 0.15) is 5.75 Å². The van der Waals surface area contributed by atoms with Gasteiger partial charge < -0.3 is 14.2 Å². The summed E-state index contributed by atoms with van der Waals surface area (Å²) in [5.74, 6) is 0.613. The molecule has 0 spiro atoms. The molecule has 0 atom stereocenters. The number of hydrazone groups is 1. The van der Waals surface area contributed by atoms with Crippen molar-refractivity contribution in [2.75, 3.05) is 25.6 Å². The molecule has 0 radical (unpaired) electrons. The van der Waals surface area contributed by atoms with E-state index in [-0.39, 0.29) is 5.91 Å². The van der Waals surface area contributed by atoms with Gasteiger partial charge in [0.15, 0.2) is 0 Å². The van der Waals surface area contributed by atoms with Crippen LogP contribution >= 0.6 is 0 Å². The van der Waals surface area contributed by atoms with Gasteiger partial charge in [-0.25, -0.2) is 5.43 Å². The van der Waals surface area contributed by atoms with Crippen LogP contribution in [0.4, 0.5) is 5.69 Å². The molecule has 0 aliphatic carbocycles. The molecule has 156 valence electrons. The summed E-state index contributed by atoms with van der Waals surface area (Å²) in [7, 11) is 3.88. The summed E-state index contributed by atoms with van der Waals surface area (Å²) in [6, 6.07) is 17.5. The molecule has 3 rings (SSSR count). The number of anilines is 1. The van der Waals surface area contributed by atoms with Crippen LogP contribution in [0.2, 0.25) is 0 Å². The number of nitrogens with one attached hydrogen (secondary N) is 1. The van der Waals surface area contributed by atoms with Crippen LogP contribution in [0.25, 0.3) is 5.69 Å². The van der Waals surface area contributed by atoms with Crippen molar-refractivity contribution in [3.63, 3.8) is 0 Å². The number of carbonyl (C=O) groups is 1. The summed E-state index contributed by atoms with van der Waals surface area (Å²) in [5, 5.41) is 4.17. The molecule has 1 aromatic heterocycles. The molecule has 1 N–H and O–H groups in total. The van der Waals surface area contributed by atoms with E-state index in [0.29, 0.717) is 12.2 Å². The molecule has 6 nitrogen and oxygen atoms in total. The summed E-state index contributed by atoms with van der Waals surface area (Å²) in [6.45, 7) is 6.70. The number of hydrogen-bond acceptors (Lipinski definition) is 4. The minimum absolute atomic E-state index is 0.240. The third-order valence-corrected chi connectivity index (χ3v) is 4.87. The van der Waals surface area contributed by atoms with E-state index >= 15 is 0 Å². The zero-order valence-corrected chi connectivity index (χ0v) is 18.1. The monoisotopic (exact) mass is 404 g/mol. The van der Waals surface area contributed by atoms with E-state index in [2.05, 4.69) is 15.1 Å². The highest BCUT2D eigenvalue weighted by Crippen LogP contribution is 2.22. The van der Waals surface area contributed by atoms with Crippen molar-refractivity contribution < 1.29 is 9.53 Å². The minimum atomic E-state index is -0.240. The van der Waals surface area contributed by atoms with Crippen molar-refractivity contribution in [2.45, 2.75) is 20.8 Å². The molecule has 0 aliphatic rings. The molecule has 0 fully saturated rings. The van der Waals surface area contributed by atoms with Crippen LogP contribution in [-0.4, -0.2) is 37.4 Å². The van der Waals surface area contributed by atoms with Crippen LogP contribution in [0.15, 0.2) is 59.7 Å². The molecule has 0 unspecified atom stereocenters. The zero-order valence-electron chi connectivity index (χ0n) is 18.1. The average molecular weight is 405 g/mol. The van der Waals surface area contributed by atoms with Gasteiger partial charge in [-0.2, -0.15) is 5.10 Å². The summed E-state index contributed by atoms with van der Waals surface area (Å²) in [6.07, 6.45) is 1.68. The van der Waals surface area contributed by atoms with Crippen molar-refractivity contribution >= 4 is 17.8 Å². The largest absolute Gasteiger partial charge is 0.494 e. The van der Waals surface area contributed by atoms with Crippen LogP contribution < -0.4 is 15.1 Å². The maximum atomic E-state index is 12.4. The number of rotatable bonds is 7. The van der Waals surface area contributed by atoms with Gasteiger partial charge in [-0.3, -0.25) is 4.79 Å². The predicted octanol–water partition coefficient (Wildman–Crippen LogP) is 4.32. The number of carbonyl (C=O) groups excluding carboxylic acids is 1. The first-order valence-corrected chi connectivity index (χ1v) is 9.93. The first-order valence-electron chi connectivity index (χ1n) is 9.93. The van der Waals surface area contributed by atoms with Gasteiger partial charge in [-0.05, 0) is 69.3 Å². The average Bonchev–Trinajstić information content (AvgIpc) is 3.02. The Bertz CT molecular complexity index is 1050. The number of benzene rings is 2. The summed E-state index contributed by atoms with van der Waals surface area (Å²) >= 11 is 0. The lowest BCUT2D eigenvalue weighted by Gasteiger charge is -2.12. The standard InChI is InChI=1S/C24H28N4O2/c1-6-30-23-12-10-21(11-13-23)28-17(2)14-20(18(28)3)16-25-26-24(29)19-8-7-9-22(15-19)27(4)5/h7-16H,6H2,1-5H3,(H,26,29)/b25-16-. The van der Waals surface area contributed by atoms with E-state index in [1.165, 1.54) is 0 Å². The lowest BCUT2D eigenvalue weighted by Crippen LogP contribution is -2.18. The Balaban J connectivity index is 1.74. The van der Waals surface area contributed by atoms with E-state index in [4.69, 9.17) is 4.74 Å². The molecule has 0 aliphatic heterocycles. The van der Waals surface area contributed by atoms with Gasteiger partial charge in [0, 0.05) is 48.0 Å². The van der Waals surface area contributed by atoms with Gasteiger partial charge in [0.05, 0.1) is 12.8 Å². The van der Waals surface area contributed by atoms with E-state index in [1.807, 2.05) is 88.3 Å². The Labute approximate surface area is 177 Å². The van der Waals surface area contributed by atoms with Gasteiger partial charge in [-0.15, -0.1) is 0 Å². The second-order valence-electron chi connectivity index (χ2n) is 7.23. The maximum Gasteiger partial charge on any atom is 0.271 e. The summed E-state index contributed by atoms with van der Waals surface area (Å²) in [4.78, 5) is 14.4. The Kier molecular flexibility index (Phi) is 6.57. The Hall–Kier alpha value is -3.54. The van der Waals surface area contributed by atoms with Crippen LogP contribution in [0.1, 0.15) is 34.2 Å². The Morgan fingerprint density at radius 3 is 2.53 bits per heavy atom. The number of aryl methyl sites for hydroxylation is 1. The molecule has 0 bridgehead atoms. The molecule has 0 saturated carbocycles. The fourth-order valence-electron chi connectivity index (χ4n) is 3.32. The predicted molar refractivity (Wildman–Crippen MR) is 122 cm³/mol. The van der Waals surface area contributed by atoms with Crippen molar-refractivity contribution in [1.29, 1.82) is 0 Å². The topological polar surface area (TPSA) is 58.9 Å². The Morgan fingerprint density at radius 2 is 1.87 bits per heavy atom. The maximum absolute atomic E-state index is 12.4. The van der Waals surface area contributed by atoms with Gasteiger partial charge >= 0.3 is 0 Å². The lowest BCUT2D eigenvalue weighted by atomic mass is 10.2. The summed E-state index contributed by atoms with van der Waals surface area (Å²) < 4.78 is 7.67. The third-order valence-electron chi connectivity index (χ3n) is 4.87. The van der Waals surface area contributed by atoms with Crippen LogP contribution in [0.3, 0.4) is 0 Å². The van der Waals surface area contributed by atoms with E-state index < -0.39 is 0 Å². The van der Waals surface area contributed by atoms with E-state index in [0.717, 1.165) is 34.1 Å². The molecule has 30 heavy (non-hydrogen) atoms. The van der Waals surface area contributed by atoms with Crippen LogP contribution in [0.5, 0.6) is 5.75 Å². The highest BCUT2D eigenvalue weighted by atomic mass is 16.5. The molecule has 6 heteroatoms. The number of aromatic nitrogens is 1. The number of ether oxygens (including phenoxy) is 1. The first kappa shape index (κ1) is 21.2. The molecule has 3 aromatic rings. The molecule has 1 amide bonds. The molecular formula is C24H28N4O2. The first-order chi connectivity index (χ1) is 14.4. The summed E-state index contributed by atoms with van der Waals surface area (Å²) in [5.41, 5.74) is 8.28.